The standard InChI is InChI=1S/C52H34N4O/c1-5-15-33(16-6-1)49-51-50(54-52(53-49)34-17-7-2-8-18-34)41-32-36(26-28-43(41)56(51)38-21-11-4-12-22-38)35-25-27-42-40(31-35)47-44(55(42)37-19-9-3-10-20-37)29-30-46-48(47)39-23-13-14-24-45(39)57-46/h1-32,46,48H. The number of hydrogen-bond donors (Lipinski definition) is 0. The van der Waals surface area contributed by atoms with Gasteiger partial charge in [-0.2, -0.15) is 0 Å². The van der Waals surface area contributed by atoms with Crippen LogP contribution in [0, 0.1) is 0 Å². The number of aromatic nitrogens is 4. The number of hydrogen-bond acceptors (Lipinski definition) is 3. The molecule has 2 atom stereocenters. The van der Waals surface area contributed by atoms with E-state index in [1.165, 1.54) is 27.7 Å². The number of rotatable bonds is 5. The molecule has 5 heteroatoms. The summed E-state index contributed by atoms with van der Waals surface area (Å²) in [6.45, 7) is 0. The van der Waals surface area contributed by atoms with Gasteiger partial charge < -0.3 is 13.9 Å². The van der Waals surface area contributed by atoms with Crippen LogP contribution in [0.5, 0.6) is 5.75 Å². The van der Waals surface area contributed by atoms with Crippen LogP contribution >= 0.6 is 0 Å². The molecule has 0 fully saturated rings. The summed E-state index contributed by atoms with van der Waals surface area (Å²) in [5, 5.41) is 2.31. The number of para-hydroxylation sites is 3. The van der Waals surface area contributed by atoms with Crippen LogP contribution in [0.15, 0.2) is 188 Å². The predicted molar refractivity (Wildman–Crippen MR) is 231 cm³/mol. The van der Waals surface area contributed by atoms with Gasteiger partial charge in [-0.05, 0) is 83.4 Å². The molecular formula is C52H34N4O. The smallest absolute Gasteiger partial charge is 0.160 e. The molecule has 3 aromatic heterocycles. The molecule has 0 bridgehead atoms. The Balaban J connectivity index is 1.13. The Labute approximate surface area is 329 Å². The Bertz CT molecular complexity index is 3200. The summed E-state index contributed by atoms with van der Waals surface area (Å²) in [6.07, 6.45) is 4.44. The molecule has 0 radical (unpaired) electrons. The molecule has 4 heterocycles. The normalized spacial score (nSPS) is 15.4. The lowest BCUT2D eigenvalue weighted by molar-refractivity contribution is 0.267. The third-order valence-corrected chi connectivity index (χ3v) is 11.7. The Morgan fingerprint density at radius 1 is 0.491 bits per heavy atom. The first-order valence-corrected chi connectivity index (χ1v) is 19.5. The van der Waals surface area contributed by atoms with Gasteiger partial charge in [-0.15, -0.1) is 0 Å². The second-order valence-electron chi connectivity index (χ2n) is 14.9. The fourth-order valence-electron chi connectivity index (χ4n) is 9.19. The minimum Gasteiger partial charge on any atom is -0.485 e. The van der Waals surface area contributed by atoms with E-state index in [0.29, 0.717) is 5.82 Å². The third kappa shape index (κ3) is 4.89. The fraction of sp³-hybridized carbons (Fsp3) is 0.0385. The van der Waals surface area contributed by atoms with Gasteiger partial charge in [0.15, 0.2) is 5.82 Å². The molecular weight excluding hydrogens is 697 g/mol. The Hall–Kier alpha value is -7.50. The summed E-state index contributed by atoms with van der Waals surface area (Å²) < 4.78 is 11.3. The van der Waals surface area contributed by atoms with E-state index < -0.39 is 0 Å². The van der Waals surface area contributed by atoms with E-state index in [2.05, 4.69) is 185 Å². The monoisotopic (exact) mass is 730 g/mol. The van der Waals surface area contributed by atoms with Gasteiger partial charge >= 0.3 is 0 Å². The second kappa shape index (κ2) is 12.5. The van der Waals surface area contributed by atoms with E-state index in [1.54, 1.807) is 0 Å². The van der Waals surface area contributed by atoms with Crippen molar-refractivity contribution in [3.8, 4) is 50.9 Å². The first kappa shape index (κ1) is 31.8. The third-order valence-electron chi connectivity index (χ3n) is 11.7. The van der Waals surface area contributed by atoms with Crippen molar-refractivity contribution in [2.75, 3.05) is 0 Å². The van der Waals surface area contributed by atoms with Crippen LogP contribution in [0.4, 0.5) is 0 Å². The van der Waals surface area contributed by atoms with Gasteiger partial charge in [0.05, 0.1) is 33.9 Å². The molecule has 2 aliphatic rings. The van der Waals surface area contributed by atoms with E-state index in [9.17, 15) is 0 Å². The molecule has 5 nitrogen and oxygen atoms in total. The highest BCUT2D eigenvalue weighted by Crippen LogP contribution is 2.50. The van der Waals surface area contributed by atoms with Gasteiger partial charge in [0.2, 0.25) is 0 Å². The van der Waals surface area contributed by atoms with Gasteiger partial charge in [0.1, 0.15) is 17.4 Å². The molecule has 1 aliphatic heterocycles. The first-order chi connectivity index (χ1) is 28.3. The van der Waals surface area contributed by atoms with Crippen molar-refractivity contribution in [1.82, 2.24) is 19.1 Å². The van der Waals surface area contributed by atoms with Gasteiger partial charge in [-0.25, -0.2) is 9.97 Å². The van der Waals surface area contributed by atoms with Crippen molar-refractivity contribution in [1.29, 1.82) is 0 Å². The number of fused-ring (bicyclic) bond motifs is 10. The summed E-state index contributed by atoms with van der Waals surface area (Å²) in [7, 11) is 0. The summed E-state index contributed by atoms with van der Waals surface area (Å²) in [5.41, 5.74) is 15.3. The van der Waals surface area contributed by atoms with Crippen LogP contribution in [0.2, 0.25) is 0 Å². The fourth-order valence-corrected chi connectivity index (χ4v) is 9.19. The molecule has 0 spiro atoms. The van der Waals surface area contributed by atoms with Crippen molar-refractivity contribution >= 4 is 38.9 Å². The van der Waals surface area contributed by atoms with E-state index in [1.807, 2.05) is 18.2 Å². The number of nitrogens with zero attached hydrogens (tertiary/aromatic N) is 4. The SMILES string of the molecule is C1=CC2Oc3ccccc3C2c2c1n(-c1ccccc1)c1ccc(-c3ccc4c(c3)c3nc(-c5ccccc5)nc(-c5ccccc5)c3n4-c3ccccc3)cc21. The Morgan fingerprint density at radius 3 is 1.77 bits per heavy atom. The molecule has 0 saturated carbocycles. The van der Waals surface area contributed by atoms with E-state index >= 15 is 0 Å². The van der Waals surface area contributed by atoms with Crippen molar-refractivity contribution in [3.05, 3.63) is 205 Å². The molecule has 0 amide bonds. The molecule has 57 heavy (non-hydrogen) atoms. The second-order valence-corrected chi connectivity index (χ2v) is 14.9. The van der Waals surface area contributed by atoms with Crippen LogP contribution in [0.25, 0.3) is 84.1 Å². The van der Waals surface area contributed by atoms with Crippen molar-refractivity contribution < 1.29 is 4.74 Å². The maximum Gasteiger partial charge on any atom is 0.160 e. The van der Waals surface area contributed by atoms with Crippen LogP contribution < -0.4 is 4.74 Å². The highest BCUT2D eigenvalue weighted by Gasteiger charge is 2.40. The quantitative estimate of drug-likeness (QED) is 0.177. The maximum atomic E-state index is 6.55. The summed E-state index contributed by atoms with van der Waals surface area (Å²) >= 11 is 0. The van der Waals surface area contributed by atoms with E-state index in [-0.39, 0.29) is 12.0 Å². The molecule has 268 valence electrons. The van der Waals surface area contributed by atoms with Crippen molar-refractivity contribution in [2.24, 2.45) is 0 Å². The number of benzene rings is 7. The van der Waals surface area contributed by atoms with Gasteiger partial charge in [-0.1, -0.05) is 127 Å². The van der Waals surface area contributed by atoms with Crippen molar-refractivity contribution in [2.45, 2.75) is 12.0 Å². The van der Waals surface area contributed by atoms with Crippen LogP contribution in [-0.4, -0.2) is 25.2 Å². The zero-order valence-corrected chi connectivity index (χ0v) is 30.8. The van der Waals surface area contributed by atoms with Crippen molar-refractivity contribution in [3.63, 3.8) is 0 Å². The average molecular weight is 731 g/mol. The van der Waals surface area contributed by atoms with Crippen LogP contribution in [-0.2, 0) is 0 Å². The lowest BCUT2D eigenvalue weighted by Crippen LogP contribution is -2.20. The maximum absolute atomic E-state index is 6.55. The molecule has 1 aliphatic carbocycles. The Kier molecular flexibility index (Phi) is 6.99. The zero-order valence-electron chi connectivity index (χ0n) is 30.8. The zero-order chi connectivity index (χ0) is 37.5. The number of ether oxygens (including phenoxy) is 1. The highest BCUT2D eigenvalue weighted by atomic mass is 16.5. The summed E-state index contributed by atoms with van der Waals surface area (Å²) in [4.78, 5) is 10.7. The van der Waals surface area contributed by atoms with Crippen LogP contribution in [0.1, 0.15) is 22.7 Å². The molecule has 2 unspecified atom stereocenters. The average Bonchev–Trinajstić information content (AvgIpc) is 3.94. The van der Waals surface area contributed by atoms with Crippen LogP contribution in [0.3, 0.4) is 0 Å². The summed E-state index contributed by atoms with van der Waals surface area (Å²) in [6, 6.07) is 64.3. The summed E-state index contributed by atoms with van der Waals surface area (Å²) in [5.74, 6) is 1.77. The largest absolute Gasteiger partial charge is 0.485 e. The molecule has 12 rings (SSSR count). The minimum atomic E-state index is -0.0499. The van der Waals surface area contributed by atoms with Gasteiger partial charge in [0, 0.05) is 38.8 Å². The van der Waals surface area contributed by atoms with Gasteiger partial charge in [0.25, 0.3) is 0 Å². The van der Waals surface area contributed by atoms with Gasteiger partial charge in [-0.3, -0.25) is 0 Å². The lowest BCUT2D eigenvalue weighted by atomic mass is 9.83. The van der Waals surface area contributed by atoms with E-state index in [4.69, 9.17) is 14.7 Å². The minimum absolute atomic E-state index is 0.0499. The Morgan fingerprint density at radius 2 is 1.07 bits per heavy atom. The molecule has 0 N–H and O–H groups in total. The molecule has 7 aromatic carbocycles. The molecule has 0 saturated heterocycles. The molecule has 10 aromatic rings. The highest BCUT2D eigenvalue weighted by molar-refractivity contribution is 6.12. The first-order valence-electron chi connectivity index (χ1n) is 19.5. The predicted octanol–water partition coefficient (Wildman–Crippen LogP) is 12.4. The van der Waals surface area contributed by atoms with E-state index in [0.717, 1.165) is 67.0 Å². The lowest BCUT2D eigenvalue weighted by Gasteiger charge is -2.22. The topological polar surface area (TPSA) is 44.9 Å².